The maximum absolute atomic E-state index is 13.5. The Bertz CT molecular complexity index is 648. The molecule has 0 spiro atoms. The number of thioether (sulfide) groups is 1. The zero-order valence-electron chi connectivity index (χ0n) is 11.9. The maximum atomic E-state index is 13.5. The van der Waals surface area contributed by atoms with Gasteiger partial charge in [0.1, 0.15) is 5.82 Å². The normalized spacial score (nSPS) is 13.7. The first-order valence-electron chi connectivity index (χ1n) is 7.09. The van der Waals surface area contributed by atoms with Crippen molar-refractivity contribution in [1.29, 1.82) is 0 Å². The molecule has 0 bridgehead atoms. The van der Waals surface area contributed by atoms with Gasteiger partial charge in [-0.1, -0.05) is 12.1 Å². The third-order valence-electron chi connectivity index (χ3n) is 3.33. The number of hydrogen-bond donors (Lipinski definition) is 1. The molecule has 0 unspecified atom stereocenters. The van der Waals surface area contributed by atoms with Crippen molar-refractivity contribution in [3.63, 3.8) is 0 Å². The second-order valence-electron chi connectivity index (χ2n) is 4.90. The van der Waals surface area contributed by atoms with Crippen molar-refractivity contribution in [1.82, 2.24) is 5.32 Å². The van der Waals surface area contributed by atoms with Crippen LogP contribution in [0.4, 0.5) is 4.39 Å². The van der Waals surface area contributed by atoms with Gasteiger partial charge in [0.25, 0.3) is 5.91 Å². The zero-order chi connectivity index (χ0) is 15.4. The van der Waals surface area contributed by atoms with Gasteiger partial charge in [0.05, 0.1) is 18.1 Å². The molecule has 1 aliphatic heterocycles. The fourth-order valence-electron chi connectivity index (χ4n) is 2.23. The highest BCUT2D eigenvalue weighted by molar-refractivity contribution is 7.99. The number of carbonyl (C=O) groups excluding carboxylic acids is 1. The number of ether oxygens (including phenoxy) is 1. The van der Waals surface area contributed by atoms with E-state index in [0.717, 1.165) is 23.5 Å². The van der Waals surface area contributed by atoms with Gasteiger partial charge in [-0.3, -0.25) is 4.79 Å². The summed E-state index contributed by atoms with van der Waals surface area (Å²) in [6.07, 6.45) is 0.885. The fourth-order valence-corrected chi connectivity index (χ4v) is 4.10. The Morgan fingerprint density at radius 1 is 1.41 bits per heavy atom. The lowest BCUT2D eigenvalue weighted by Gasteiger charge is -2.10. The van der Waals surface area contributed by atoms with Crippen molar-refractivity contribution < 1.29 is 13.9 Å². The Morgan fingerprint density at radius 2 is 2.27 bits per heavy atom. The summed E-state index contributed by atoms with van der Waals surface area (Å²) in [6, 6.07) is 8.58. The number of rotatable bonds is 5. The minimum atomic E-state index is -0.218. The predicted octanol–water partition coefficient (Wildman–Crippen LogP) is 3.48. The molecule has 1 aromatic heterocycles. The molecule has 0 saturated carbocycles. The Kier molecular flexibility index (Phi) is 5.12. The van der Waals surface area contributed by atoms with Crippen LogP contribution in [0.15, 0.2) is 35.2 Å². The van der Waals surface area contributed by atoms with Gasteiger partial charge in [0, 0.05) is 28.5 Å². The smallest absolute Gasteiger partial charge is 0.261 e. The van der Waals surface area contributed by atoms with Crippen LogP contribution in [0.2, 0.25) is 0 Å². The first-order chi connectivity index (χ1) is 10.7. The van der Waals surface area contributed by atoms with Crippen LogP contribution in [-0.2, 0) is 17.8 Å². The van der Waals surface area contributed by atoms with E-state index in [4.69, 9.17) is 4.74 Å². The average molecular weight is 337 g/mol. The summed E-state index contributed by atoms with van der Waals surface area (Å²) in [5.74, 6) is 0.360. The second kappa shape index (κ2) is 7.26. The lowest BCUT2D eigenvalue weighted by molar-refractivity contribution is 0.0959. The summed E-state index contributed by atoms with van der Waals surface area (Å²) in [7, 11) is 0. The third kappa shape index (κ3) is 3.69. The quantitative estimate of drug-likeness (QED) is 0.670. The summed E-state index contributed by atoms with van der Waals surface area (Å²) >= 11 is 2.95. The van der Waals surface area contributed by atoms with E-state index < -0.39 is 0 Å². The number of halogens is 1. The molecule has 3 nitrogen and oxygen atoms in total. The van der Waals surface area contributed by atoms with Crippen LogP contribution >= 0.6 is 23.1 Å². The minimum absolute atomic E-state index is 0.0615. The van der Waals surface area contributed by atoms with Crippen LogP contribution in [0.3, 0.4) is 0 Å². The molecule has 6 heteroatoms. The number of amides is 1. The summed E-state index contributed by atoms with van der Waals surface area (Å²) in [6.45, 7) is 1.84. The first-order valence-corrected chi connectivity index (χ1v) is 8.89. The molecule has 3 rings (SSSR count). The minimum Gasteiger partial charge on any atom is -0.376 e. The van der Waals surface area contributed by atoms with Crippen LogP contribution in [-0.4, -0.2) is 24.8 Å². The SMILES string of the molecule is O=C(NCCSc1ccccc1F)c1cc2c(s1)CCOC2. The summed E-state index contributed by atoms with van der Waals surface area (Å²) in [4.78, 5) is 14.7. The van der Waals surface area contributed by atoms with E-state index in [0.29, 0.717) is 23.8 Å². The fraction of sp³-hybridized carbons (Fsp3) is 0.312. The average Bonchev–Trinajstić information content (AvgIpc) is 2.97. The summed E-state index contributed by atoms with van der Waals surface area (Å²) in [5, 5.41) is 2.89. The van der Waals surface area contributed by atoms with Gasteiger partial charge in [0.15, 0.2) is 0 Å². The Hall–Kier alpha value is -1.37. The molecule has 1 N–H and O–H groups in total. The molecule has 0 fully saturated rings. The number of hydrogen-bond acceptors (Lipinski definition) is 4. The van der Waals surface area contributed by atoms with Crippen molar-refractivity contribution >= 4 is 29.0 Å². The largest absolute Gasteiger partial charge is 0.376 e. The van der Waals surface area contributed by atoms with Crippen molar-refractivity contribution in [2.45, 2.75) is 17.9 Å². The van der Waals surface area contributed by atoms with E-state index in [9.17, 15) is 9.18 Å². The van der Waals surface area contributed by atoms with Gasteiger partial charge in [-0.15, -0.1) is 23.1 Å². The molecule has 2 aromatic rings. The van der Waals surface area contributed by atoms with Crippen LogP contribution < -0.4 is 5.32 Å². The maximum Gasteiger partial charge on any atom is 0.261 e. The van der Waals surface area contributed by atoms with Gasteiger partial charge in [-0.25, -0.2) is 4.39 Å². The van der Waals surface area contributed by atoms with Crippen LogP contribution in [0.25, 0.3) is 0 Å². The van der Waals surface area contributed by atoms with Crippen LogP contribution in [0, 0.1) is 5.82 Å². The van der Waals surface area contributed by atoms with E-state index in [-0.39, 0.29) is 11.7 Å². The Balaban J connectivity index is 1.48. The molecule has 1 aromatic carbocycles. The highest BCUT2D eigenvalue weighted by Gasteiger charge is 2.17. The summed E-state index contributed by atoms with van der Waals surface area (Å²) in [5.41, 5.74) is 1.13. The van der Waals surface area contributed by atoms with E-state index in [1.54, 1.807) is 23.5 Å². The summed E-state index contributed by atoms with van der Waals surface area (Å²) < 4.78 is 18.8. The topological polar surface area (TPSA) is 38.3 Å². The lowest BCUT2D eigenvalue weighted by Crippen LogP contribution is -2.24. The monoisotopic (exact) mass is 337 g/mol. The van der Waals surface area contributed by atoms with E-state index in [1.807, 2.05) is 12.1 Å². The van der Waals surface area contributed by atoms with Crippen molar-refractivity contribution in [2.24, 2.45) is 0 Å². The van der Waals surface area contributed by atoms with Crippen LogP contribution in [0.5, 0.6) is 0 Å². The zero-order valence-corrected chi connectivity index (χ0v) is 13.6. The standard InChI is InChI=1S/C16H16FNO2S2/c17-12-3-1-2-4-14(12)21-8-6-18-16(19)15-9-11-10-20-7-5-13(11)22-15/h1-4,9H,5-8,10H2,(H,18,19). The molecule has 1 amide bonds. The van der Waals surface area contributed by atoms with Gasteiger partial charge >= 0.3 is 0 Å². The number of benzene rings is 1. The van der Waals surface area contributed by atoms with Crippen molar-refractivity contribution in [2.75, 3.05) is 18.9 Å². The molecule has 0 saturated heterocycles. The van der Waals surface area contributed by atoms with Gasteiger partial charge < -0.3 is 10.1 Å². The number of thiophene rings is 1. The highest BCUT2D eigenvalue weighted by atomic mass is 32.2. The highest BCUT2D eigenvalue weighted by Crippen LogP contribution is 2.27. The van der Waals surface area contributed by atoms with Gasteiger partial charge in [0.2, 0.25) is 0 Å². The molecular formula is C16H16FNO2S2. The molecule has 0 aliphatic carbocycles. The van der Waals surface area contributed by atoms with E-state index in [1.165, 1.54) is 22.7 Å². The number of carbonyl (C=O) groups is 1. The van der Waals surface area contributed by atoms with Crippen molar-refractivity contribution in [3.8, 4) is 0 Å². The Labute approximate surface area is 136 Å². The van der Waals surface area contributed by atoms with E-state index in [2.05, 4.69) is 5.32 Å². The molecular weight excluding hydrogens is 321 g/mol. The second-order valence-corrected chi connectivity index (χ2v) is 7.17. The molecule has 2 heterocycles. The molecule has 0 atom stereocenters. The molecule has 116 valence electrons. The molecule has 0 radical (unpaired) electrons. The van der Waals surface area contributed by atoms with E-state index >= 15 is 0 Å². The van der Waals surface area contributed by atoms with Gasteiger partial charge in [-0.2, -0.15) is 0 Å². The van der Waals surface area contributed by atoms with Crippen LogP contribution in [0.1, 0.15) is 20.1 Å². The number of nitrogens with one attached hydrogen (secondary N) is 1. The predicted molar refractivity (Wildman–Crippen MR) is 87.1 cm³/mol. The first kappa shape index (κ1) is 15.5. The Morgan fingerprint density at radius 3 is 3.09 bits per heavy atom. The lowest BCUT2D eigenvalue weighted by atomic mass is 10.2. The number of fused-ring (bicyclic) bond motifs is 1. The van der Waals surface area contributed by atoms with Gasteiger partial charge in [-0.05, 0) is 23.8 Å². The molecule has 1 aliphatic rings. The third-order valence-corrected chi connectivity index (χ3v) is 5.62. The van der Waals surface area contributed by atoms with Crippen molar-refractivity contribution in [3.05, 3.63) is 51.5 Å². The molecule has 22 heavy (non-hydrogen) atoms.